The zero-order chi connectivity index (χ0) is 14.0. The summed E-state index contributed by atoms with van der Waals surface area (Å²) in [6.45, 7) is 4.92. The van der Waals surface area contributed by atoms with E-state index in [-0.39, 0.29) is 16.0 Å². The fraction of sp³-hybridized carbons (Fsp3) is 0.571. The van der Waals surface area contributed by atoms with Gasteiger partial charge in [-0.15, -0.1) is 0 Å². The molecule has 104 valence electrons. The van der Waals surface area contributed by atoms with Crippen molar-refractivity contribution in [2.45, 2.75) is 45.7 Å². The summed E-state index contributed by atoms with van der Waals surface area (Å²) >= 11 is 6.09. The van der Waals surface area contributed by atoms with Crippen LogP contribution in [0.4, 0.5) is 5.69 Å². The molecule has 0 heterocycles. The number of benzene rings is 1. The van der Waals surface area contributed by atoms with Crippen molar-refractivity contribution < 1.29 is 4.92 Å². The Hall–Kier alpha value is -1.13. The normalized spacial score (nSPS) is 21.5. The van der Waals surface area contributed by atoms with Crippen LogP contribution in [0.3, 0.4) is 0 Å². The molecule has 0 aliphatic heterocycles. The van der Waals surface area contributed by atoms with Gasteiger partial charge < -0.3 is 5.32 Å². The molecule has 0 bridgehead atoms. The smallest absolute Gasteiger partial charge is 0.275 e. The molecular formula is C14H19ClN2O2. The molecule has 0 aromatic heterocycles. The molecule has 1 saturated carbocycles. The van der Waals surface area contributed by atoms with Crippen molar-refractivity contribution in [3.63, 3.8) is 0 Å². The zero-order valence-corrected chi connectivity index (χ0v) is 12.0. The first kappa shape index (κ1) is 14.3. The summed E-state index contributed by atoms with van der Waals surface area (Å²) in [7, 11) is 0. The number of hydrogen-bond acceptors (Lipinski definition) is 3. The van der Waals surface area contributed by atoms with Gasteiger partial charge in [0.05, 0.1) is 15.5 Å². The predicted molar refractivity (Wildman–Crippen MR) is 76.4 cm³/mol. The molecule has 1 aromatic rings. The van der Waals surface area contributed by atoms with E-state index in [0.717, 1.165) is 6.42 Å². The van der Waals surface area contributed by atoms with Crippen LogP contribution in [0.1, 0.15) is 38.7 Å². The summed E-state index contributed by atoms with van der Waals surface area (Å²) in [4.78, 5) is 10.6. The van der Waals surface area contributed by atoms with E-state index < -0.39 is 0 Å². The average Bonchev–Trinajstić information content (AvgIpc) is 2.66. The van der Waals surface area contributed by atoms with E-state index in [4.69, 9.17) is 11.6 Å². The zero-order valence-electron chi connectivity index (χ0n) is 11.3. The molecule has 1 N–H and O–H groups in total. The van der Waals surface area contributed by atoms with Gasteiger partial charge in [0.2, 0.25) is 0 Å². The molecule has 1 aliphatic carbocycles. The Bertz CT molecular complexity index is 488. The highest BCUT2D eigenvalue weighted by molar-refractivity contribution is 6.31. The number of nitrogens with zero attached hydrogens (tertiary/aromatic N) is 1. The van der Waals surface area contributed by atoms with Gasteiger partial charge in [0.15, 0.2) is 0 Å². The van der Waals surface area contributed by atoms with Gasteiger partial charge in [-0.1, -0.05) is 37.9 Å². The predicted octanol–water partition coefficient (Wildman–Crippen LogP) is 3.92. The minimum absolute atomic E-state index is 0.0933. The Balaban J connectivity index is 2.13. The van der Waals surface area contributed by atoms with Gasteiger partial charge in [0, 0.05) is 18.7 Å². The fourth-order valence-corrected chi connectivity index (χ4v) is 3.06. The third kappa shape index (κ3) is 3.07. The van der Waals surface area contributed by atoms with Crippen molar-refractivity contribution in [2.24, 2.45) is 5.41 Å². The van der Waals surface area contributed by atoms with Crippen LogP contribution in [0.15, 0.2) is 18.2 Å². The second kappa shape index (κ2) is 5.47. The lowest BCUT2D eigenvalue weighted by Gasteiger charge is -2.28. The minimum Gasteiger partial charge on any atom is -0.309 e. The second-order valence-electron chi connectivity index (χ2n) is 5.81. The summed E-state index contributed by atoms with van der Waals surface area (Å²) in [5.41, 5.74) is 0.920. The van der Waals surface area contributed by atoms with Gasteiger partial charge in [-0.25, -0.2) is 0 Å². The molecular weight excluding hydrogens is 264 g/mol. The highest BCUT2D eigenvalue weighted by Gasteiger charge is 2.34. The van der Waals surface area contributed by atoms with Gasteiger partial charge in [-0.2, -0.15) is 0 Å². The first-order valence-electron chi connectivity index (χ1n) is 6.57. The number of nitro groups is 1. The molecule has 1 unspecified atom stereocenters. The van der Waals surface area contributed by atoms with Crippen LogP contribution in [-0.4, -0.2) is 11.0 Å². The molecule has 1 aliphatic rings. The molecule has 1 aromatic carbocycles. The first-order valence-corrected chi connectivity index (χ1v) is 6.95. The average molecular weight is 283 g/mol. The van der Waals surface area contributed by atoms with Crippen LogP contribution in [0.5, 0.6) is 0 Å². The molecule has 0 saturated heterocycles. The van der Waals surface area contributed by atoms with Crippen molar-refractivity contribution in [1.29, 1.82) is 0 Å². The van der Waals surface area contributed by atoms with E-state index in [1.807, 2.05) is 0 Å². The van der Waals surface area contributed by atoms with Crippen molar-refractivity contribution >= 4 is 17.3 Å². The molecule has 1 fully saturated rings. The van der Waals surface area contributed by atoms with Crippen LogP contribution in [-0.2, 0) is 6.54 Å². The molecule has 0 radical (unpaired) electrons. The largest absolute Gasteiger partial charge is 0.309 e. The van der Waals surface area contributed by atoms with Crippen LogP contribution in [0.25, 0.3) is 0 Å². The number of nitro benzene ring substituents is 1. The highest BCUT2D eigenvalue weighted by atomic mass is 35.5. The first-order chi connectivity index (χ1) is 8.92. The topological polar surface area (TPSA) is 55.2 Å². The van der Waals surface area contributed by atoms with Crippen LogP contribution < -0.4 is 5.32 Å². The van der Waals surface area contributed by atoms with Gasteiger partial charge in [-0.3, -0.25) is 10.1 Å². The molecule has 2 rings (SSSR count). The number of hydrogen-bond donors (Lipinski definition) is 1. The molecule has 1 atom stereocenters. The van der Waals surface area contributed by atoms with Crippen LogP contribution >= 0.6 is 11.6 Å². The van der Waals surface area contributed by atoms with E-state index in [1.165, 1.54) is 18.9 Å². The van der Waals surface area contributed by atoms with E-state index >= 15 is 0 Å². The summed E-state index contributed by atoms with van der Waals surface area (Å²) in [5.74, 6) is 0. The Kier molecular flexibility index (Phi) is 4.11. The van der Waals surface area contributed by atoms with Crippen LogP contribution in [0.2, 0.25) is 5.02 Å². The molecule has 19 heavy (non-hydrogen) atoms. The maximum atomic E-state index is 11.0. The summed E-state index contributed by atoms with van der Waals surface area (Å²) in [6.07, 6.45) is 3.51. The molecule has 0 amide bonds. The van der Waals surface area contributed by atoms with Crippen molar-refractivity contribution in [2.75, 3.05) is 0 Å². The van der Waals surface area contributed by atoms with Crippen molar-refractivity contribution in [1.82, 2.24) is 5.32 Å². The third-order valence-corrected chi connectivity index (χ3v) is 4.43. The maximum absolute atomic E-state index is 11.0. The van der Waals surface area contributed by atoms with E-state index in [2.05, 4.69) is 19.2 Å². The standard InChI is InChI=1S/C14H19ClN2O2/c1-14(2)8-4-7-13(14)16-9-10-11(15)5-3-6-12(10)17(18)19/h3,5-6,13,16H,4,7-9H2,1-2H3. The fourth-order valence-electron chi connectivity index (χ4n) is 2.82. The summed E-state index contributed by atoms with van der Waals surface area (Å²) in [5, 5.41) is 14.9. The van der Waals surface area contributed by atoms with Crippen molar-refractivity contribution in [3.05, 3.63) is 38.9 Å². The summed E-state index contributed by atoms with van der Waals surface area (Å²) in [6, 6.07) is 5.21. The van der Waals surface area contributed by atoms with Gasteiger partial charge in [-0.05, 0) is 24.3 Å². The van der Waals surface area contributed by atoms with E-state index in [0.29, 0.717) is 23.2 Å². The van der Waals surface area contributed by atoms with E-state index in [9.17, 15) is 10.1 Å². The molecule has 4 nitrogen and oxygen atoms in total. The quantitative estimate of drug-likeness (QED) is 0.673. The number of halogens is 1. The monoisotopic (exact) mass is 282 g/mol. The Morgan fingerprint density at radius 1 is 1.53 bits per heavy atom. The van der Waals surface area contributed by atoms with E-state index in [1.54, 1.807) is 12.1 Å². The lowest BCUT2D eigenvalue weighted by Crippen LogP contribution is -2.37. The Labute approximate surface area is 118 Å². The van der Waals surface area contributed by atoms with Gasteiger partial charge in [0.25, 0.3) is 5.69 Å². The summed E-state index contributed by atoms with van der Waals surface area (Å²) < 4.78 is 0. The second-order valence-corrected chi connectivity index (χ2v) is 6.22. The number of nitrogens with one attached hydrogen (secondary N) is 1. The molecule has 0 spiro atoms. The highest BCUT2D eigenvalue weighted by Crippen LogP contribution is 2.37. The third-order valence-electron chi connectivity index (χ3n) is 4.07. The Morgan fingerprint density at radius 3 is 2.84 bits per heavy atom. The van der Waals surface area contributed by atoms with Crippen molar-refractivity contribution in [3.8, 4) is 0 Å². The Morgan fingerprint density at radius 2 is 2.26 bits per heavy atom. The molecule has 5 heteroatoms. The maximum Gasteiger partial charge on any atom is 0.275 e. The number of rotatable bonds is 4. The lowest BCUT2D eigenvalue weighted by molar-refractivity contribution is -0.385. The SMILES string of the molecule is CC1(C)CCCC1NCc1c(Cl)cccc1[N+](=O)[O-]. The van der Waals surface area contributed by atoms with Crippen LogP contribution in [0, 0.1) is 15.5 Å². The minimum atomic E-state index is -0.372. The lowest BCUT2D eigenvalue weighted by atomic mass is 9.87. The van der Waals surface area contributed by atoms with Gasteiger partial charge in [0.1, 0.15) is 0 Å². The van der Waals surface area contributed by atoms with Gasteiger partial charge >= 0.3 is 0 Å².